The number of hydrogen-bond acceptors (Lipinski definition) is 0. The molecule has 0 aromatic heterocycles. The summed E-state index contributed by atoms with van der Waals surface area (Å²) in [4.78, 5) is 0. The standard InChI is InChI=1S/C11H20/c1-5-10-6-9(2)7-11(3,4)8-10/h5,9-10H,1,6-8H2,2-4H3. The van der Waals surface area contributed by atoms with E-state index in [0.29, 0.717) is 5.41 Å². The minimum Gasteiger partial charge on any atom is -0.103 e. The van der Waals surface area contributed by atoms with Crippen molar-refractivity contribution in [3.05, 3.63) is 12.7 Å². The molecule has 0 radical (unpaired) electrons. The van der Waals surface area contributed by atoms with E-state index in [4.69, 9.17) is 0 Å². The van der Waals surface area contributed by atoms with Crippen LogP contribution in [0.1, 0.15) is 40.0 Å². The molecule has 1 aliphatic carbocycles. The third-order valence-corrected chi connectivity index (χ3v) is 2.75. The van der Waals surface area contributed by atoms with Crippen LogP contribution in [0.25, 0.3) is 0 Å². The summed E-state index contributed by atoms with van der Waals surface area (Å²) in [5.41, 5.74) is 0.552. The Bertz CT molecular complexity index is 144. The molecule has 0 nitrogen and oxygen atoms in total. The second-order valence-corrected chi connectivity index (χ2v) is 4.91. The van der Waals surface area contributed by atoms with E-state index in [0.717, 1.165) is 11.8 Å². The Morgan fingerprint density at radius 2 is 2.00 bits per heavy atom. The van der Waals surface area contributed by atoms with Crippen LogP contribution in [0.4, 0.5) is 0 Å². The quantitative estimate of drug-likeness (QED) is 0.503. The maximum atomic E-state index is 3.88. The lowest BCUT2D eigenvalue weighted by molar-refractivity contribution is 0.156. The third kappa shape index (κ3) is 2.36. The molecule has 0 aliphatic heterocycles. The van der Waals surface area contributed by atoms with Crippen molar-refractivity contribution in [2.45, 2.75) is 40.0 Å². The fourth-order valence-corrected chi connectivity index (χ4v) is 2.60. The highest BCUT2D eigenvalue weighted by atomic mass is 14.3. The van der Waals surface area contributed by atoms with Gasteiger partial charge in [0.05, 0.1) is 0 Å². The van der Waals surface area contributed by atoms with E-state index in [-0.39, 0.29) is 0 Å². The van der Waals surface area contributed by atoms with Crippen molar-refractivity contribution in [3.63, 3.8) is 0 Å². The van der Waals surface area contributed by atoms with Crippen molar-refractivity contribution in [1.29, 1.82) is 0 Å². The van der Waals surface area contributed by atoms with Gasteiger partial charge in [0.1, 0.15) is 0 Å². The summed E-state index contributed by atoms with van der Waals surface area (Å²) in [6.45, 7) is 11.0. The van der Waals surface area contributed by atoms with Gasteiger partial charge in [-0.2, -0.15) is 0 Å². The fourth-order valence-electron chi connectivity index (χ4n) is 2.60. The zero-order valence-corrected chi connectivity index (χ0v) is 8.06. The van der Waals surface area contributed by atoms with Crippen molar-refractivity contribution >= 4 is 0 Å². The van der Waals surface area contributed by atoms with Gasteiger partial charge in [0.2, 0.25) is 0 Å². The number of hydrogen-bond donors (Lipinski definition) is 0. The summed E-state index contributed by atoms with van der Waals surface area (Å²) < 4.78 is 0. The van der Waals surface area contributed by atoms with Crippen LogP contribution in [0.2, 0.25) is 0 Å². The van der Waals surface area contributed by atoms with Crippen LogP contribution >= 0.6 is 0 Å². The van der Waals surface area contributed by atoms with Crippen LogP contribution in [0.15, 0.2) is 12.7 Å². The first kappa shape index (κ1) is 8.83. The predicted molar refractivity (Wildman–Crippen MR) is 50.5 cm³/mol. The summed E-state index contributed by atoms with van der Waals surface area (Å²) in [5, 5.41) is 0. The molecule has 0 heterocycles. The highest BCUT2D eigenvalue weighted by Gasteiger charge is 2.30. The molecule has 64 valence electrons. The van der Waals surface area contributed by atoms with Gasteiger partial charge in [0.25, 0.3) is 0 Å². The van der Waals surface area contributed by atoms with Crippen LogP contribution in [-0.2, 0) is 0 Å². The van der Waals surface area contributed by atoms with E-state index in [1.807, 2.05) is 0 Å². The van der Waals surface area contributed by atoms with Gasteiger partial charge in [0.15, 0.2) is 0 Å². The van der Waals surface area contributed by atoms with E-state index in [1.54, 1.807) is 0 Å². The van der Waals surface area contributed by atoms with Crippen molar-refractivity contribution < 1.29 is 0 Å². The second kappa shape index (κ2) is 3.00. The molecular weight excluding hydrogens is 132 g/mol. The molecule has 0 aromatic carbocycles. The molecule has 0 amide bonds. The van der Waals surface area contributed by atoms with Gasteiger partial charge in [-0.3, -0.25) is 0 Å². The summed E-state index contributed by atoms with van der Waals surface area (Å²) in [7, 11) is 0. The van der Waals surface area contributed by atoms with Crippen molar-refractivity contribution in [1.82, 2.24) is 0 Å². The smallest absolute Gasteiger partial charge is 0.0229 e. The molecule has 1 rings (SSSR count). The molecule has 0 N–H and O–H groups in total. The van der Waals surface area contributed by atoms with Crippen LogP contribution in [0.3, 0.4) is 0 Å². The molecule has 0 heteroatoms. The lowest BCUT2D eigenvalue weighted by Crippen LogP contribution is -2.26. The maximum Gasteiger partial charge on any atom is -0.0229 e. The third-order valence-electron chi connectivity index (χ3n) is 2.75. The second-order valence-electron chi connectivity index (χ2n) is 4.91. The topological polar surface area (TPSA) is 0 Å². The molecule has 0 saturated heterocycles. The Kier molecular flexibility index (Phi) is 2.41. The molecule has 2 atom stereocenters. The summed E-state index contributed by atoms with van der Waals surface area (Å²) in [5.74, 6) is 1.66. The minimum absolute atomic E-state index is 0.552. The summed E-state index contributed by atoms with van der Waals surface area (Å²) in [6.07, 6.45) is 6.21. The highest BCUT2D eigenvalue weighted by molar-refractivity contribution is 4.90. The van der Waals surface area contributed by atoms with Crippen LogP contribution in [0.5, 0.6) is 0 Å². The van der Waals surface area contributed by atoms with E-state index >= 15 is 0 Å². The first-order chi connectivity index (χ1) is 5.03. The Hall–Kier alpha value is -0.260. The van der Waals surface area contributed by atoms with Gasteiger partial charge in [0, 0.05) is 0 Å². The SMILES string of the molecule is C=CC1CC(C)CC(C)(C)C1. The van der Waals surface area contributed by atoms with Crippen molar-refractivity contribution in [3.8, 4) is 0 Å². The Morgan fingerprint density at radius 3 is 2.45 bits per heavy atom. The van der Waals surface area contributed by atoms with Crippen LogP contribution in [0, 0.1) is 17.3 Å². The number of allylic oxidation sites excluding steroid dienone is 1. The van der Waals surface area contributed by atoms with Gasteiger partial charge in [-0.05, 0) is 36.5 Å². The van der Waals surface area contributed by atoms with Gasteiger partial charge in [-0.25, -0.2) is 0 Å². The van der Waals surface area contributed by atoms with Crippen LogP contribution < -0.4 is 0 Å². The van der Waals surface area contributed by atoms with Crippen LogP contribution in [-0.4, -0.2) is 0 Å². The van der Waals surface area contributed by atoms with Gasteiger partial charge in [-0.15, -0.1) is 6.58 Å². The number of rotatable bonds is 1. The van der Waals surface area contributed by atoms with E-state index in [2.05, 4.69) is 33.4 Å². The minimum atomic E-state index is 0.552. The predicted octanol–water partition coefficient (Wildman–Crippen LogP) is 3.63. The maximum absolute atomic E-state index is 3.88. The normalized spacial score (nSPS) is 36.6. The van der Waals surface area contributed by atoms with Gasteiger partial charge in [-0.1, -0.05) is 26.8 Å². The van der Waals surface area contributed by atoms with Crippen molar-refractivity contribution in [2.75, 3.05) is 0 Å². The molecule has 11 heavy (non-hydrogen) atoms. The largest absolute Gasteiger partial charge is 0.103 e. The molecule has 0 spiro atoms. The average Bonchev–Trinajstić information content (AvgIpc) is 1.83. The van der Waals surface area contributed by atoms with E-state index < -0.39 is 0 Å². The summed E-state index contributed by atoms with van der Waals surface area (Å²) in [6, 6.07) is 0. The monoisotopic (exact) mass is 152 g/mol. The zero-order chi connectivity index (χ0) is 8.48. The molecule has 0 aromatic rings. The van der Waals surface area contributed by atoms with E-state index in [1.165, 1.54) is 19.3 Å². The lowest BCUT2D eigenvalue weighted by Gasteiger charge is -2.37. The molecule has 1 aliphatic rings. The Balaban J connectivity index is 2.57. The van der Waals surface area contributed by atoms with Gasteiger partial charge >= 0.3 is 0 Å². The molecule has 2 unspecified atom stereocenters. The van der Waals surface area contributed by atoms with Crippen molar-refractivity contribution in [2.24, 2.45) is 17.3 Å². The van der Waals surface area contributed by atoms with E-state index in [9.17, 15) is 0 Å². The Morgan fingerprint density at radius 1 is 1.36 bits per heavy atom. The molecule has 0 bridgehead atoms. The molecular formula is C11H20. The zero-order valence-electron chi connectivity index (χ0n) is 8.06. The fraction of sp³-hybridized carbons (Fsp3) is 0.818. The Labute approximate surface area is 70.7 Å². The highest BCUT2D eigenvalue weighted by Crippen LogP contribution is 2.41. The van der Waals surface area contributed by atoms with Gasteiger partial charge < -0.3 is 0 Å². The molecule has 1 fully saturated rings. The summed E-state index contributed by atoms with van der Waals surface area (Å²) >= 11 is 0. The first-order valence-electron chi connectivity index (χ1n) is 4.66. The average molecular weight is 152 g/mol. The first-order valence-corrected chi connectivity index (χ1v) is 4.66. The lowest BCUT2D eigenvalue weighted by atomic mass is 9.68. The molecule has 1 saturated carbocycles.